The van der Waals surface area contributed by atoms with Crippen LogP contribution in [0.4, 0.5) is 5.69 Å². The molecule has 1 aromatic rings. The average Bonchev–Trinajstić information content (AvgIpc) is 2.31. The lowest BCUT2D eigenvalue weighted by molar-refractivity contribution is -0.386. The van der Waals surface area contributed by atoms with Gasteiger partial charge in [-0.1, -0.05) is 0 Å². The van der Waals surface area contributed by atoms with Crippen molar-refractivity contribution < 1.29 is 9.66 Å². The van der Waals surface area contributed by atoms with Gasteiger partial charge in [-0.3, -0.25) is 15.2 Å². The average molecular weight is 169 g/mol. The van der Waals surface area contributed by atoms with Crippen molar-refractivity contribution in [2.45, 2.75) is 5.92 Å². The Balaban J connectivity index is 2.29. The van der Waals surface area contributed by atoms with E-state index in [4.69, 9.17) is 4.74 Å². The molecule has 0 spiro atoms. The van der Waals surface area contributed by atoms with E-state index in [9.17, 15) is 10.1 Å². The van der Waals surface area contributed by atoms with Crippen molar-refractivity contribution in [2.75, 3.05) is 13.2 Å². The second-order valence-corrected chi connectivity index (χ2v) is 2.66. The first kappa shape index (κ1) is 7.23. The summed E-state index contributed by atoms with van der Waals surface area (Å²) in [5.74, 6) is 0.118. The van der Waals surface area contributed by atoms with Gasteiger partial charge in [-0.2, -0.15) is 5.10 Å². The van der Waals surface area contributed by atoms with E-state index in [1.807, 2.05) is 0 Å². The maximum Gasteiger partial charge on any atom is 0.310 e. The number of hydrogen-bond donors (Lipinski definition) is 1. The molecule has 6 heteroatoms. The van der Waals surface area contributed by atoms with Crippen molar-refractivity contribution in [2.24, 2.45) is 0 Å². The van der Waals surface area contributed by atoms with Crippen LogP contribution in [-0.2, 0) is 4.74 Å². The molecule has 1 fully saturated rings. The summed E-state index contributed by atoms with van der Waals surface area (Å²) in [6, 6.07) is 0. The van der Waals surface area contributed by atoms with E-state index in [2.05, 4.69) is 10.2 Å². The lowest BCUT2D eigenvalue weighted by Crippen LogP contribution is -2.26. The van der Waals surface area contributed by atoms with Crippen LogP contribution in [0.15, 0.2) is 6.20 Å². The number of ether oxygens (including phenoxy) is 1. The third-order valence-electron chi connectivity index (χ3n) is 1.89. The van der Waals surface area contributed by atoms with Gasteiger partial charge in [-0.05, 0) is 0 Å². The monoisotopic (exact) mass is 169 g/mol. The Morgan fingerprint density at radius 2 is 2.50 bits per heavy atom. The molecular formula is C6H7N3O3. The molecule has 0 radical (unpaired) electrons. The SMILES string of the molecule is O=[N+]([O-])c1cn[nH]c1C1COC1. The van der Waals surface area contributed by atoms with Gasteiger partial charge in [-0.25, -0.2) is 0 Å². The largest absolute Gasteiger partial charge is 0.380 e. The number of H-pyrrole nitrogens is 1. The first-order valence-corrected chi connectivity index (χ1v) is 3.54. The zero-order chi connectivity index (χ0) is 8.55. The van der Waals surface area contributed by atoms with Gasteiger partial charge in [0.15, 0.2) is 0 Å². The van der Waals surface area contributed by atoms with Gasteiger partial charge in [0.05, 0.1) is 24.1 Å². The Hall–Kier alpha value is -1.43. The number of nitro groups is 1. The Labute approximate surface area is 67.7 Å². The zero-order valence-electron chi connectivity index (χ0n) is 6.19. The summed E-state index contributed by atoms with van der Waals surface area (Å²) < 4.78 is 4.92. The van der Waals surface area contributed by atoms with Crippen molar-refractivity contribution in [3.8, 4) is 0 Å². The number of hydrogen-bond acceptors (Lipinski definition) is 4. The number of aromatic nitrogens is 2. The zero-order valence-corrected chi connectivity index (χ0v) is 6.19. The van der Waals surface area contributed by atoms with Crippen molar-refractivity contribution in [3.63, 3.8) is 0 Å². The highest BCUT2D eigenvalue weighted by atomic mass is 16.6. The molecule has 1 aliphatic rings. The molecule has 1 aromatic heterocycles. The lowest BCUT2D eigenvalue weighted by atomic mass is 10.0. The number of nitrogens with zero attached hydrogens (tertiary/aromatic N) is 2. The fraction of sp³-hybridized carbons (Fsp3) is 0.500. The highest BCUT2D eigenvalue weighted by molar-refractivity contribution is 5.35. The first-order chi connectivity index (χ1) is 5.79. The van der Waals surface area contributed by atoms with Crippen molar-refractivity contribution in [1.82, 2.24) is 10.2 Å². The molecule has 0 atom stereocenters. The minimum Gasteiger partial charge on any atom is -0.380 e. The summed E-state index contributed by atoms with van der Waals surface area (Å²) in [4.78, 5) is 10.00. The van der Waals surface area contributed by atoms with Gasteiger partial charge in [0.2, 0.25) is 0 Å². The number of rotatable bonds is 2. The van der Waals surface area contributed by atoms with Gasteiger partial charge in [0, 0.05) is 0 Å². The maximum absolute atomic E-state index is 10.4. The molecule has 0 bridgehead atoms. The molecule has 12 heavy (non-hydrogen) atoms. The predicted octanol–water partition coefficient (Wildman–Crippen LogP) is 0.432. The molecule has 0 amide bonds. The minimum atomic E-state index is -0.433. The highest BCUT2D eigenvalue weighted by Crippen LogP contribution is 2.28. The normalized spacial score (nSPS) is 17.3. The molecule has 1 aliphatic heterocycles. The molecule has 64 valence electrons. The molecule has 0 aliphatic carbocycles. The van der Waals surface area contributed by atoms with Crippen LogP contribution < -0.4 is 0 Å². The quantitative estimate of drug-likeness (QED) is 0.514. The van der Waals surface area contributed by atoms with Crippen molar-refractivity contribution in [3.05, 3.63) is 22.0 Å². The van der Waals surface area contributed by atoms with Crippen LogP contribution in [-0.4, -0.2) is 28.3 Å². The van der Waals surface area contributed by atoms with Crippen molar-refractivity contribution in [1.29, 1.82) is 0 Å². The molecular weight excluding hydrogens is 162 g/mol. The summed E-state index contributed by atoms with van der Waals surface area (Å²) in [5, 5.41) is 16.7. The summed E-state index contributed by atoms with van der Waals surface area (Å²) in [5.41, 5.74) is 0.634. The molecule has 0 unspecified atom stereocenters. The molecule has 6 nitrogen and oxygen atoms in total. The van der Waals surface area contributed by atoms with Crippen LogP contribution in [0.2, 0.25) is 0 Å². The van der Waals surface area contributed by atoms with E-state index < -0.39 is 4.92 Å². The minimum absolute atomic E-state index is 0.0586. The smallest absolute Gasteiger partial charge is 0.310 e. The molecule has 2 rings (SSSR count). The van der Waals surface area contributed by atoms with E-state index >= 15 is 0 Å². The maximum atomic E-state index is 10.4. The first-order valence-electron chi connectivity index (χ1n) is 3.54. The Bertz CT molecular complexity index is 305. The van der Waals surface area contributed by atoms with Crippen LogP contribution in [0.1, 0.15) is 11.6 Å². The topological polar surface area (TPSA) is 81.0 Å². The summed E-state index contributed by atoms with van der Waals surface area (Å²) in [6.07, 6.45) is 1.23. The highest BCUT2D eigenvalue weighted by Gasteiger charge is 2.29. The van der Waals surface area contributed by atoms with E-state index in [-0.39, 0.29) is 11.6 Å². The van der Waals surface area contributed by atoms with Crippen LogP contribution in [0.25, 0.3) is 0 Å². The van der Waals surface area contributed by atoms with E-state index in [0.29, 0.717) is 18.9 Å². The fourth-order valence-corrected chi connectivity index (χ4v) is 1.14. The van der Waals surface area contributed by atoms with Gasteiger partial charge in [-0.15, -0.1) is 0 Å². The van der Waals surface area contributed by atoms with Crippen LogP contribution in [0, 0.1) is 10.1 Å². The fourth-order valence-electron chi connectivity index (χ4n) is 1.14. The Morgan fingerprint density at radius 3 is 3.00 bits per heavy atom. The molecule has 0 aromatic carbocycles. The number of nitrogens with one attached hydrogen (secondary N) is 1. The van der Waals surface area contributed by atoms with E-state index in [1.165, 1.54) is 6.20 Å². The summed E-state index contributed by atoms with van der Waals surface area (Å²) in [7, 11) is 0. The van der Waals surface area contributed by atoms with E-state index in [0.717, 1.165) is 0 Å². The van der Waals surface area contributed by atoms with Crippen LogP contribution in [0.5, 0.6) is 0 Å². The number of aromatic amines is 1. The Kier molecular flexibility index (Phi) is 1.54. The third kappa shape index (κ3) is 0.964. The molecule has 1 saturated heterocycles. The van der Waals surface area contributed by atoms with Gasteiger partial charge < -0.3 is 4.74 Å². The van der Waals surface area contributed by atoms with E-state index in [1.54, 1.807) is 0 Å². The van der Waals surface area contributed by atoms with Gasteiger partial charge in [0.1, 0.15) is 11.9 Å². The van der Waals surface area contributed by atoms with Gasteiger partial charge >= 0.3 is 5.69 Å². The van der Waals surface area contributed by atoms with Gasteiger partial charge in [0.25, 0.3) is 0 Å². The lowest BCUT2D eigenvalue weighted by Gasteiger charge is -2.23. The third-order valence-corrected chi connectivity index (χ3v) is 1.89. The molecule has 0 saturated carbocycles. The summed E-state index contributed by atoms with van der Waals surface area (Å²) >= 11 is 0. The standard InChI is InChI=1S/C6H7N3O3/c10-9(11)5-1-7-8-6(5)4-2-12-3-4/h1,4H,2-3H2,(H,7,8). The van der Waals surface area contributed by atoms with Crippen LogP contribution >= 0.6 is 0 Å². The molecule has 1 N–H and O–H groups in total. The Morgan fingerprint density at radius 1 is 1.75 bits per heavy atom. The summed E-state index contributed by atoms with van der Waals surface area (Å²) in [6.45, 7) is 1.09. The van der Waals surface area contributed by atoms with Crippen molar-refractivity contribution >= 4 is 5.69 Å². The van der Waals surface area contributed by atoms with Crippen LogP contribution in [0.3, 0.4) is 0 Å². The predicted molar refractivity (Wildman–Crippen MR) is 38.8 cm³/mol. The molecule has 2 heterocycles. The second kappa shape index (κ2) is 2.56. The second-order valence-electron chi connectivity index (χ2n) is 2.66.